The second kappa shape index (κ2) is 4.75. The van der Waals surface area contributed by atoms with E-state index in [1.165, 1.54) is 14.0 Å². The van der Waals surface area contributed by atoms with Crippen molar-refractivity contribution in [3.05, 3.63) is 15.1 Å². The number of halogens is 2. The first-order chi connectivity index (χ1) is 6.54. The summed E-state index contributed by atoms with van der Waals surface area (Å²) in [6.45, 7) is 1.43. The van der Waals surface area contributed by atoms with Gasteiger partial charge in [0.1, 0.15) is 10.3 Å². The molecule has 0 aliphatic heterocycles. The number of amides is 1. The lowest BCUT2D eigenvalue weighted by Crippen LogP contribution is -2.08. The zero-order chi connectivity index (χ0) is 10.7. The molecule has 6 heteroatoms. The quantitative estimate of drug-likeness (QED) is 0.851. The molecule has 0 aliphatic rings. The molecule has 0 spiro atoms. The topological polar surface area (TPSA) is 51.2 Å². The predicted molar refractivity (Wildman–Crippen MR) is 60.5 cm³/mol. The standard InChI is InChI=1S/C8H8Br2N2O2/c1-4(13)11-6-3-5(9)7(10)12-8(6)14-2/h3H,1-2H3,(H,11,13). The molecule has 1 heterocycles. The van der Waals surface area contributed by atoms with Gasteiger partial charge in [-0.2, -0.15) is 0 Å². The minimum Gasteiger partial charge on any atom is -0.479 e. The van der Waals surface area contributed by atoms with Crippen molar-refractivity contribution in [2.24, 2.45) is 0 Å². The monoisotopic (exact) mass is 322 g/mol. The van der Waals surface area contributed by atoms with E-state index in [4.69, 9.17) is 4.74 Å². The Morgan fingerprint density at radius 1 is 1.57 bits per heavy atom. The number of methoxy groups -OCH3 is 1. The van der Waals surface area contributed by atoms with Gasteiger partial charge in [-0.25, -0.2) is 4.98 Å². The van der Waals surface area contributed by atoms with E-state index in [2.05, 4.69) is 42.2 Å². The summed E-state index contributed by atoms with van der Waals surface area (Å²) in [7, 11) is 1.49. The molecule has 4 nitrogen and oxygen atoms in total. The molecule has 1 amide bonds. The molecule has 1 rings (SSSR count). The van der Waals surface area contributed by atoms with Crippen LogP contribution in [-0.4, -0.2) is 18.0 Å². The minimum atomic E-state index is -0.167. The highest BCUT2D eigenvalue weighted by Gasteiger charge is 2.09. The van der Waals surface area contributed by atoms with E-state index >= 15 is 0 Å². The maximum absolute atomic E-state index is 10.9. The average Bonchev–Trinajstić information content (AvgIpc) is 2.10. The SMILES string of the molecule is COc1nc(Br)c(Br)cc1NC(C)=O. The zero-order valence-electron chi connectivity index (χ0n) is 7.60. The van der Waals surface area contributed by atoms with Gasteiger partial charge in [-0.3, -0.25) is 4.79 Å². The zero-order valence-corrected chi connectivity index (χ0v) is 10.8. The first-order valence-electron chi connectivity index (χ1n) is 3.72. The lowest BCUT2D eigenvalue weighted by molar-refractivity contribution is -0.114. The molecular formula is C8H8Br2N2O2. The molecule has 0 fully saturated rings. The highest BCUT2D eigenvalue weighted by atomic mass is 79.9. The van der Waals surface area contributed by atoms with E-state index in [0.717, 1.165) is 4.47 Å². The van der Waals surface area contributed by atoms with Gasteiger partial charge in [0.2, 0.25) is 11.8 Å². The third kappa shape index (κ3) is 2.68. The summed E-state index contributed by atoms with van der Waals surface area (Å²) in [4.78, 5) is 14.9. The molecule has 0 unspecified atom stereocenters. The molecular weight excluding hydrogens is 316 g/mol. The van der Waals surface area contributed by atoms with Crippen LogP contribution >= 0.6 is 31.9 Å². The number of carbonyl (C=O) groups is 1. The van der Waals surface area contributed by atoms with Crippen LogP contribution < -0.4 is 10.1 Å². The number of nitrogens with zero attached hydrogens (tertiary/aromatic N) is 1. The molecule has 1 aromatic rings. The number of anilines is 1. The third-order valence-corrected chi connectivity index (χ3v) is 3.14. The Bertz CT molecular complexity index is 369. The van der Waals surface area contributed by atoms with Gasteiger partial charge in [-0.05, 0) is 37.9 Å². The van der Waals surface area contributed by atoms with Crippen LogP contribution in [-0.2, 0) is 4.79 Å². The number of pyridine rings is 1. The Kier molecular flexibility index (Phi) is 3.88. The highest BCUT2D eigenvalue weighted by molar-refractivity contribution is 9.13. The van der Waals surface area contributed by atoms with Crippen molar-refractivity contribution in [1.29, 1.82) is 0 Å². The summed E-state index contributed by atoms with van der Waals surface area (Å²) in [6.07, 6.45) is 0. The molecule has 0 aromatic carbocycles. The fourth-order valence-electron chi connectivity index (χ4n) is 0.886. The highest BCUT2D eigenvalue weighted by Crippen LogP contribution is 2.30. The van der Waals surface area contributed by atoms with Crippen molar-refractivity contribution >= 4 is 43.5 Å². The van der Waals surface area contributed by atoms with Gasteiger partial charge in [0.25, 0.3) is 0 Å². The molecule has 0 saturated heterocycles. The lowest BCUT2D eigenvalue weighted by Gasteiger charge is -2.08. The van der Waals surface area contributed by atoms with E-state index in [-0.39, 0.29) is 5.91 Å². The van der Waals surface area contributed by atoms with Crippen LogP contribution in [0.15, 0.2) is 15.1 Å². The van der Waals surface area contributed by atoms with Crippen LogP contribution in [0.4, 0.5) is 5.69 Å². The number of hydrogen-bond donors (Lipinski definition) is 1. The molecule has 0 saturated carbocycles. The smallest absolute Gasteiger partial charge is 0.238 e. The normalized spacial score (nSPS) is 9.71. The van der Waals surface area contributed by atoms with Gasteiger partial charge >= 0.3 is 0 Å². The van der Waals surface area contributed by atoms with E-state index in [0.29, 0.717) is 16.2 Å². The maximum Gasteiger partial charge on any atom is 0.238 e. The molecule has 1 N–H and O–H groups in total. The molecule has 0 aliphatic carbocycles. The van der Waals surface area contributed by atoms with Gasteiger partial charge in [-0.1, -0.05) is 0 Å². The maximum atomic E-state index is 10.9. The minimum absolute atomic E-state index is 0.167. The second-order valence-electron chi connectivity index (χ2n) is 2.50. The Balaban J connectivity index is 3.13. The first kappa shape index (κ1) is 11.5. The van der Waals surface area contributed by atoms with E-state index in [1.54, 1.807) is 6.07 Å². The number of carbonyl (C=O) groups excluding carboxylic acids is 1. The summed E-state index contributed by atoms with van der Waals surface area (Å²) in [5, 5.41) is 2.62. The third-order valence-electron chi connectivity index (χ3n) is 1.40. The van der Waals surface area contributed by atoms with Crippen LogP contribution in [0.25, 0.3) is 0 Å². The van der Waals surface area contributed by atoms with Gasteiger partial charge in [-0.15, -0.1) is 0 Å². The van der Waals surface area contributed by atoms with Crippen molar-refractivity contribution in [3.8, 4) is 5.88 Å². The lowest BCUT2D eigenvalue weighted by atomic mass is 10.4. The van der Waals surface area contributed by atoms with Gasteiger partial charge < -0.3 is 10.1 Å². The average molecular weight is 324 g/mol. The Hall–Kier alpha value is -0.620. The molecule has 0 radical (unpaired) electrons. The fraction of sp³-hybridized carbons (Fsp3) is 0.250. The van der Waals surface area contributed by atoms with Crippen molar-refractivity contribution in [2.75, 3.05) is 12.4 Å². The number of aromatic nitrogens is 1. The van der Waals surface area contributed by atoms with Gasteiger partial charge in [0, 0.05) is 6.92 Å². The number of nitrogens with one attached hydrogen (secondary N) is 1. The molecule has 0 atom stereocenters. The Morgan fingerprint density at radius 2 is 2.21 bits per heavy atom. The Morgan fingerprint density at radius 3 is 2.71 bits per heavy atom. The fourth-order valence-corrected chi connectivity index (χ4v) is 1.48. The molecule has 76 valence electrons. The second-order valence-corrected chi connectivity index (χ2v) is 4.10. The van der Waals surface area contributed by atoms with E-state index in [1.807, 2.05) is 0 Å². The molecule has 0 bridgehead atoms. The van der Waals surface area contributed by atoms with Crippen LogP contribution in [0.2, 0.25) is 0 Å². The van der Waals surface area contributed by atoms with E-state index in [9.17, 15) is 4.79 Å². The summed E-state index contributed by atoms with van der Waals surface area (Å²) in [6, 6.07) is 1.72. The first-order valence-corrected chi connectivity index (χ1v) is 5.31. The van der Waals surface area contributed by atoms with Crippen molar-refractivity contribution in [1.82, 2.24) is 4.98 Å². The van der Waals surface area contributed by atoms with Crippen molar-refractivity contribution < 1.29 is 9.53 Å². The predicted octanol–water partition coefficient (Wildman–Crippen LogP) is 2.57. The van der Waals surface area contributed by atoms with E-state index < -0.39 is 0 Å². The van der Waals surface area contributed by atoms with Crippen molar-refractivity contribution in [2.45, 2.75) is 6.92 Å². The van der Waals surface area contributed by atoms with Crippen LogP contribution in [0.1, 0.15) is 6.92 Å². The summed E-state index contributed by atoms with van der Waals surface area (Å²) in [5.41, 5.74) is 0.537. The van der Waals surface area contributed by atoms with Gasteiger partial charge in [0.15, 0.2) is 0 Å². The van der Waals surface area contributed by atoms with Gasteiger partial charge in [0.05, 0.1) is 11.6 Å². The van der Waals surface area contributed by atoms with Crippen molar-refractivity contribution in [3.63, 3.8) is 0 Å². The summed E-state index contributed by atoms with van der Waals surface area (Å²) < 4.78 is 6.39. The summed E-state index contributed by atoms with van der Waals surface area (Å²) >= 11 is 6.52. The molecule has 14 heavy (non-hydrogen) atoms. The summed E-state index contributed by atoms with van der Waals surface area (Å²) in [5.74, 6) is 0.203. The van der Waals surface area contributed by atoms with Crippen LogP contribution in [0.5, 0.6) is 5.88 Å². The number of rotatable bonds is 2. The van der Waals surface area contributed by atoms with Crippen LogP contribution in [0, 0.1) is 0 Å². The van der Waals surface area contributed by atoms with Crippen LogP contribution in [0.3, 0.4) is 0 Å². The Labute approximate surface area is 98.3 Å². The number of ether oxygens (including phenoxy) is 1. The number of hydrogen-bond acceptors (Lipinski definition) is 3. The molecule has 1 aromatic heterocycles. The largest absolute Gasteiger partial charge is 0.479 e.